The van der Waals surface area contributed by atoms with Gasteiger partial charge in [0, 0.05) is 32.1 Å². The second kappa shape index (κ2) is 8.98. The molecule has 178 valence electrons. The van der Waals surface area contributed by atoms with Gasteiger partial charge in [0.1, 0.15) is 0 Å². The molecule has 1 aliphatic heterocycles. The lowest BCUT2D eigenvalue weighted by Crippen LogP contribution is -2.46. The van der Waals surface area contributed by atoms with Crippen LogP contribution < -0.4 is 14.3 Å². The van der Waals surface area contributed by atoms with E-state index in [1.807, 2.05) is 0 Å². The number of rotatable bonds is 7. The minimum Gasteiger partial charge on any atom is -0.378 e. The number of aromatic nitrogens is 2. The van der Waals surface area contributed by atoms with Gasteiger partial charge in [0.2, 0.25) is 0 Å². The standard InChI is InChI=1S/C23H31N5O4S/c1-27-15-18(14-24-27)28(11-10-19-7-4-12-32-19)33(30,31)26-23(29)25-22-20-8-2-5-16(20)13-17-6-3-9-21(17)22/h13-15,19H,2-12H2,1H3,(H2,25,26,29)/t19-/m0/s1. The quantitative estimate of drug-likeness (QED) is 0.643. The lowest BCUT2D eigenvalue weighted by atomic mass is 9.99. The third-order valence-corrected chi connectivity index (χ3v) is 8.30. The predicted molar refractivity (Wildman–Crippen MR) is 126 cm³/mol. The highest BCUT2D eigenvalue weighted by Crippen LogP contribution is 2.38. The Morgan fingerprint density at radius 3 is 2.52 bits per heavy atom. The highest BCUT2D eigenvalue weighted by Gasteiger charge is 2.30. The van der Waals surface area contributed by atoms with Gasteiger partial charge >= 0.3 is 16.2 Å². The Hall–Kier alpha value is -2.59. The van der Waals surface area contributed by atoms with Crippen LogP contribution in [0.4, 0.5) is 16.2 Å². The molecule has 10 heteroatoms. The van der Waals surface area contributed by atoms with Crippen molar-refractivity contribution >= 4 is 27.6 Å². The molecule has 1 aromatic heterocycles. The molecular formula is C23H31N5O4S. The number of anilines is 2. The summed E-state index contributed by atoms with van der Waals surface area (Å²) in [6.45, 7) is 0.909. The molecule has 1 aromatic carbocycles. The minimum absolute atomic E-state index is 0.0303. The molecule has 2 N–H and O–H groups in total. The number of urea groups is 1. The van der Waals surface area contributed by atoms with Crippen molar-refractivity contribution in [3.05, 3.63) is 40.7 Å². The largest absolute Gasteiger partial charge is 0.378 e. The number of nitrogens with one attached hydrogen (secondary N) is 2. The van der Waals surface area contributed by atoms with Crippen LogP contribution in [0.3, 0.4) is 0 Å². The van der Waals surface area contributed by atoms with Gasteiger partial charge in [-0.15, -0.1) is 0 Å². The van der Waals surface area contributed by atoms with Gasteiger partial charge in [0.05, 0.1) is 18.0 Å². The fourth-order valence-electron chi connectivity index (χ4n) is 5.34. The van der Waals surface area contributed by atoms with E-state index in [4.69, 9.17) is 4.74 Å². The molecule has 3 aliphatic rings. The maximum Gasteiger partial charge on any atom is 0.334 e. The summed E-state index contributed by atoms with van der Waals surface area (Å²) in [4.78, 5) is 13.0. The number of carbonyl (C=O) groups excluding carboxylic acids is 1. The van der Waals surface area contributed by atoms with Crippen molar-refractivity contribution in [1.82, 2.24) is 14.5 Å². The van der Waals surface area contributed by atoms with E-state index in [1.165, 1.54) is 21.6 Å². The monoisotopic (exact) mass is 473 g/mol. The summed E-state index contributed by atoms with van der Waals surface area (Å²) < 4.78 is 37.2. The second-order valence-electron chi connectivity index (χ2n) is 9.16. The van der Waals surface area contributed by atoms with Gasteiger partial charge in [-0.25, -0.2) is 9.52 Å². The number of amides is 2. The zero-order valence-electron chi connectivity index (χ0n) is 19.0. The molecule has 0 unspecified atom stereocenters. The van der Waals surface area contributed by atoms with E-state index in [2.05, 4.69) is 21.2 Å². The van der Waals surface area contributed by atoms with Gasteiger partial charge in [-0.2, -0.15) is 13.5 Å². The number of hydrogen-bond acceptors (Lipinski definition) is 5. The Bertz CT molecular complexity index is 1120. The molecule has 2 amide bonds. The van der Waals surface area contributed by atoms with Crippen LogP contribution in [0.5, 0.6) is 0 Å². The van der Waals surface area contributed by atoms with Crippen LogP contribution in [-0.2, 0) is 47.7 Å². The Morgan fingerprint density at radius 1 is 1.18 bits per heavy atom. The molecule has 33 heavy (non-hydrogen) atoms. The average molecular weight is 474 g/mol. The molecule has 0 bridgehead atoms. The van der Waals surface area contributed by atoms with Gasteiger partial charge < -0.3 is 10.1 Å². The lowest BCUT2D eigenvalue weighted by Gasteiger charge is -2.24. The summed E-state index contributed by atoms with van der Waals surface area (Å²) in [5.74, 6) is 0. The van der Waals surface area contributed by atoms with Crippen molar-refractivity contribution in [2.75, 3.05) is 22.8 Å². The van der Waals surface area contributed by atoms with E-state index in [1.54, 1.807) is 17.9 Å². The third kappa shape index (κ3) is 4.59. The topological polar surface area (TPSA) is 106 Å². The Morgan fingerprint density at radius 2 is 1.91 bits per heavy atom. The van der Waals surface area contributed by atoms with E-state index >= 15 is 0 Å². The SMILES string of the molecule is Cn1cc(N(CC[C@@H]2CCCO2)S(=O)(=O)NC(=O)Nc2c3c(cc4c2CCC4)CCC3)cn1. The summed E-state index contributed by atoms with van der Waals surface area (Å²) in [5, 5.41) is 7.01. The molecule has 0 spiro atoms. The number of fused-ring (bicyclic) bond motifs is 2. The van der Waals surface area contributed by atoms with Crippen LogP contribution in [0, 0.1) is 0 Å². The molecule has 9 nitrogen and oxygen atoms in total. The van der Waals surface area contributed by atoms with Gasteiger partial charge in [-0.1, -0.05) is 6.07 Å². The molecule has 1 saturated heterocycles. The average Bonchev–Trinajstić information content (AvgIpc) is 3.55. The number of benzene rings is 1. The second-order valence-corrected chi connectivity index (χ2v) is 10.8. The fraction of sp³-hybridized carbons (Fsp3) is 0.565. The van der Waals surface area contributed by atoms with E-state index in [0.29, 0.717) is 18.7 Å². The van der Waals surface area contributed by atoms with Crippen molar-refractivity contribution in [3.8, 4) is 0 Å². The first-order valence-electron chi connectivity index (χ1n) is 11.8. The summed E-state index contributed by atoms with van der Waals surface area (Å²) in [7, 11) is -2.41. The molecule has 1 atom stereocenters. The van der Waals surface area contributed by atoms with Crippen molar-refractivity contribution < 1.29 is 17.9 Å². The number of carbonyl (C=O) groups is 1. The Kier molecular flexibility index (Phi) is 6.05. The van der Waals surface area contributed by atoms with Crippen LogP contribution in [0.1, 0.15) is 54.4 Å². The van der Waals surface area contributed by atoms with Crippen molar-refractivity contribution in [2.24, 2.45) is 7.05 Å². The molecule has 0 radical (unpaired) electrons. The van der Waals surface area contributed by atoms with E-state index < -0.39 is 16.2 Å². The van der Waals surface area contributed by atoms with E-state index in [0.717, 1.165) is 68.2 Å². The highest BCUT2D eigenvalue weighted by atomic mass is 32.2. The molecule has 2 heterocycles. The summed E-state index contributed by atoms with van der Waals surface area (Å²) in [6.07, 6.45) is 11.6. The number of aryl methyl sites for hydroxylation is 3. The zero-order valence-corrected chi connectivity index (χ0v) is 19.8. The number of nitrogens with zero attached hydrogens (tertiary/aromatic N) is 3. The maximum absolute atomic E-state index is 13.3. The van der Waals surface area contributed by atoms with Crippen molar-refractivity contribution in [1.29, 1.82) is 0 Å². The molecule has 2 aromatic rings. The van der Waals surface area contributed by atoms with Crippen molar-refractivity contribution in [3.63, 3.8) is 0 Å². The Balaban J connectivity index is 1.35. The molecule has 1 fully saturated rings. The number of ether oxygens (including phenoxy) is 1. The molecule has 5 rings (SSSR count). The zero-order chi connectivity index (χ0) is 23.0. The fourth-order valence-corrected chi connectivity index (χ4v) is 6.45. The normalized spacial score (nSPS) is 19.4. The van der Waals surface area contributed by atoms with E-state index in [9.17, 15) is 13.2 Å². The van der Waals surface area contributed by atoms with E-state index in [-0.39, 0.29) is 12.6 Å². The first kappa shape index (κ1) is 22.2. The summed E-state index contributed by atoms with van der Waals surface area (Å²) in [5.41, 5.74) is 6.11. The van der Waals surface area contributed by atoms with Gasteiger partial charge in [0.25, 0.3) is 0 Å². The predicted octanol–water partition coefficient (Wildman–Crippen LogP) is 2.84. The van der Waals surface area contributed by atoms with Crippen LogP contribution >= 0.6 is 0 Å². The Labute approximate surface area is 194 Å². The molecule has 2 aliphatic carbocycles. The summed E-state index contributed by atoms with van der Waals surface area (Å²) >= 11 is 0. The van der Waals surface area contributed by atoms with Gasteiger partial charge in [0.15, 0.2) is 0 Å². The van der Waals surface area contributed by atoms with Crippen LogP contribution in [0.25, 0.3) is 0 Å². The van der Waals surface area contributed by atoms with Crippen LogP contribution in [-0.4, -0.2) is 43.5 Å². The summed E-state index contributed by atoms with van der Waals surface area (Å²) in [6, 6.07) is 1.55. The highest BCUT2D eigenvalue weighted by molar-refractivity contribution is 7.91. The molecular weight excluding hydrogens is 442 g/mol. The smallest absolute Gasteiger partial charge is 0.334 e. The minimum atomic E-state index is -4.14. The lowest BCUT2D eigenvalue weighted by molar-refractivity contribution is 0.106. The van der Waals surface area contributed by atoms with Crippen LogP contribution in [0.15, 0.2) is 18.5 Å². The third-order valence-electron chi connectivity index (χ3n) is 6.88. The molecule has 0 saturated carbocycles. The first-order valence-corrected chi connectivity index (χ1v) is 13.2. The number of hydrogen-bond donors (Lipinski definition) is 2. The van der Waals surface area contributed by atoms with Gasteiger partial charge in [-0.3, -0.25) is 8.99 Å². The first-order chi connectivity index (χ1) is 15.9. The maximum atomic E-state index is 13.3. The van der Waals surface area contributed by atoms with Crippen LogP contribution in [0.2, 0.25) is 0 Å². The van der Waals surface area contributed by atoms with Crippen molar-refractivity contribution in [2.45, 2.75) is 63.9 Å². The van der Waals surface area contributed by atoms with Gasteiger partial charge in [-0.05, 0) is 80.0 Å².